The number of para-hydroxylation sites is 1. The number of piperazine rings is 1. The molecule has 0 amide bonds. The standard InChI is InChI=1S/C15H22N2O2.ClH/c1-12-11-16-7-8-17(12)9-10-19-15-6-4-3-5-14(15)13(2)18;/h3-6,12,16H,7-11H2,1-2H3;1H/t12-;/m1./s1. The van der Waals surface area contributed by atoms with Gasteiger partial charge in [0.25, 0.3) is 0 Å². The number of Topliss-reactive ketones (excluding diaryl/α,β-unsaturated/α-hetero) is 1. The van der Waals surface area contributed by atoms with Crippen LogP contribution in [0.5, 0.6) is 5.75 Å². The third kappa shape index (κ3) is 4.47. The summed E-state index contributed by atoms with van der Waals surface area (Å²) in [6.07, 6.45) is 0. The number of carbonyl (C=O) groups is 1. The third-order valence-electron chi connectivity index (χ3n) is 3.54. The minimum Gasteiger partial charge on any atom is -0.491 e. The van der Waals surface area contributed by atoms with Gasteiger partial charge in [0.1, 0.15) is 12.4 Å². The van der Waals surface area contributed by atoms with E-state index in [1.165, 1.54) is 0 Å². The van der Waals surface area contributed by atoms with Crippen LogP contribution in [0.25, 0.3) is 0 Å². The molecule has 0 unspecified atom stereocenters. The topological polar surface area (TPSA) is 41.6 Å². The Hall–Kier alpha value is -1.10. The van der Waals surface area contributed by atoms with Gasteiger partial charge in [-0.2, -0.15) is 0 Å². The van der Waals surface area contributed by atoms with E-state index in [1.807, 2.05) is 24.3 Å². The van der Waals surface area contributed by atoms with E-state index in [0.717, 1.165) is 26.2 Å². The molecule has 0 aliphatic carbocycles. The lowest BCUT2D eigenvalue weighted by Crippen LogP contribution is -2.50. The molecule has 1 heterocycles. The van der Waals surface area contributed by atoms with E-state index in [-0.39, 0.29) is 18.2 Å². The predicted octanol–water partition coefficient (Wildman–Crippen LogP) is 1.98. The van der Waals surface area contributed by atoms with E-state index in [1.54, 1.807) is 6.92 Å². The van der Waals surface area contributed by atoms with E-state index in [9.17, 15) is 4.79 Å². The first-order valence-corrected chi connectivity index (χ1v) is 6.86. The Labute approximate surface area is 126 Å². The number of carbonyl (C=O) groups excluding carboxylic acids is 1. The number of hydrogen-bond donors (Lipinski definition) is 1. The van der Waals surface area contributed by atoms with Gasteiger partial charge in [0.2, 0.25) is 0 Å². The molecule has 1 saturated heterocycles. The van der Waals surface area contributed by atoms with Crippen LogP contribution in [0.15, 0.2) is 24.3 Å². The van der Waals surface area contributed by atoms with Gasteiger partial charge in [0, 0.05) is 32.2 Å². The van der Waals surface area contributed by atoms with Crippen LogP contribution in [0.3, 0.4) is 0 Å². The zero-order chi connectivity index (χ0) is 13.7. The van der Waals surface area contributed by atoms with Gasteiger partial charge >= 0.3 is 0 Å². The summed E-state index contributed by atoms with van der Waals surface area (Å²) in [5.41, 5.74) is 0.663. The van der Waals surface area contributed by atoms with Crippen molar-refractivity contribution < 1.29 is 9.53 Å². The molecule has 1 aromatic rings. The van der Waals surface area contributed by atoms with Crippen molar-refractivity contribution in [1.29, 1.82) is 0 Å². The second kappa shape index (κ2) is 8.25. The number of rotatable bonds is 5. The molecule has 0 radical (unpaired) electrons. The zero-order valence-electron chi connectivity index (χ0n) is 12.1. The number of ether oxygens (including phenoxy) is 1. The molecule has 0 spiro atoms. The zero-order valence-corrected chi connectivity index (χ0v) is 12.9. The maximum Gasteiger partial charge on any atom is 0.163 e. The molecule has 0 saturated carbocycles. The maximum absolute atomic E-state index is 11.5. The average molecular weight is 299 g/mol. The summed E-state index contributed by atoms with van der Waals surface area (Å²) >= 11 is 0. The summed E-state index contributed by atoms with van der Waals surface area (Å²) in [6.45, 7) is 8.43. The summed E-state index contributed by atoms with van der Waals surface area (Å²) < 4.78 is 5.77. The van der Waals surface area contributed by atoms with Gasteiger partial charge in [-0.1, -0.05) is 12.1 Å². The van der Waals surface area contributed by atoms with Crippen molar-refractivity contribution in [2.45, 2.75) is 19.9 Å². The lowest BCUT2D eigenvalue weighted by molar-refractivity contribution is 0.101. The Morgan fingerprint density at radius 3 is 2.90 bits per heavy atom. The lowest BCUT2D eigenvalue weighted by Gasteiger charge is -2.33. The van der Waals surface area contributed by atoms with E-state index in [2.05, 4.69) is 17.1 Å². The molecule has 0 bridgehead atoms. The number of nitrogens with one attached hydrogen (secondary N) is 1. The van der Waals surface area contributed by atoms with Crippen LogP contribution in [0.2, 0.25) is 0 Å². The fraction of sp³-hybridized carbons (Fsp3) is 0.533. The predicted molar refractivity (Wildman–Crippen MR) is 83.1 cm³/mol. The number of hydrogen-bond acceptors (Lipinski definition) is 4. The minimum absolute atomic E-state index is 0. The molecule has 2 rings (SSSR count). The first-order chi connectivity index (χ1) is 9.18. The van der Waals surface area contributed by atoms with Gasteiger partial charge in [-0.3, -0.25) is 9.69 Å². The molecule has 4 nitrogen and oxygen atoms in total. The summed E-state index contributed by atoms with van der Waals surface area (Å²) in [5.74, 6) is 0.740. The molecule has 20 heavy (non-hydrogen) atoms. The third-order valence-corrected chi connectivity index (χ3v) is 3.54. The number of ketones is 1. The first-order valence-electron chi connectivity index (χ1n) is 6.86. The van der Waals surface area contributed by atoms with Gasteiger partial charge in [0.15, 0.2) is 5.78 Å². The monoisotopic (exact) mass is 298 g/mol. The highest BCUT2D eigenvalue weighted by molar-refractivity contribution is 5.96. The van der Waals surface area contributed by atoms with E-state index in [4.69, 9.17) is 4.74 Å². The SMILES string of the molecule is CC(=O)c1ccccc1OCCN1CCNC[C@H]1C.Cl. The molecule has 112 valence electrons. The maximum atomic E-state index is 11.5. The van der Waals surface area contributed by atoms with E-state index >= 15 is 0 Å². The van der Waals surface area contributed by atoms with Gasteiger partial charge in [-0.25, -0.2) is 0 Å². The molecule has 1 fully saturated rings. The summed E-state index contributed by atoms with van der Waals surface area (Å²) in [5, 5.41) is 3.37. The molecule has 1 atom stereocenters. The molecular weight excluding hydrogens is 276 g/mol. The van der Waals surface area contributed by atoms with Crippen molar-refractivity contribution in [1.82, 2.24) is 10.2 Å². The molecule has 1 aromatic carbocycles. The van der Waals surface area contributed by atoms with Crippen molar-refractivity contribution >= 4 is 18.2 Å². The quantitative estimate of drug-likeness (QED) is 0.844. The lowest BCUT2D eigenvalue weighted by atomic mass is 10.1. The van der Waals surface area contributed by atoms with Crippen molar-refractivity contribution in [2.24, 2.45) is 0 Å². The Morgan fingerprint density at radius 2 is 2.20 bits per heavy atom. The summed E-state index contributed by atoms with van der Waals surface area (Å²) in [4.78, 5) is 13.9. The second-order valence-corrected chi connectivity index (χ2v) is 4.99. The Morgan fingerprint density at radius 1 is 1.45 bits per heavy atom. The summed E-state index contributed by atoms with van der Waals surface area (Å²) in [6, 6.07) is 7.97. The fourth-order valence-corrected chi connectivity index (χ4v) is 2.37. The average Bonchev–Trinajstić information content (AvgIpc) is 2.41. The Kier molecular flexibility index (Phi) is 6.99. The highest BCUT2D eigenvalue weighted by atomic mass is 35.5. The van der Waals surface area contributed by atoms with Crippen LogP contribution in [0, 0.1) is 0 Å². The van der Waals surface area contributed by atoms with Crippen molar-refractivity contribution in [2.75, 3.05) is 32.8 Å². The highest BCUT2D eigenvalue weighted by Gasteiger charge is 2.17. The fourth-order valence-electron chi connectivity index (χ4n) is 2.37. The van der Waals surface area contributed by atoms with Gasteiger partial charge in [0.05, 0.1) is 5.56 Å². The number of nitrogens with zero attached hydrogens (tertiary/aromatic N) is 1. The van der Waals surface area contributed by atoms with Crippen LogP contribution in [-0.4, -0.2) is 49.5 Å². The number of benzene rings is 1. The van der Waals surface area contributed by atoms with Crippen LogP contribution in [0.4, 0.5) is 0 Å². The van der Waals surface area contributed by atoms with Crippen LogP contribution in [-0.2, 0) is 0 Å². The molecule has 1 aliphatic rings. The Balaban J connectivity index is 0.00000200. The van der Waals surface area contributed by atoms with Crippen LogP contribution < -0.4 is 10.1 Å². The highest BCUT2D eigenvalue weighted by Crippen LogP contribution is 2.18. The molecule has 5 heteroatoms. The van der Waals surface area contributed by atoms with Crippen LogP contribution in [0.1, 0.15) is 24.2 Å². The minimum atomic E-state index is 0. The number of halogens is 1. The van der Waals surface area contributed by atoms with Crippen LogP contribution >= 0.6 is 12.4 Å². The second-order valence-electron chi connectivity index (χ2n) is 4.99. The van der Waals surface area contributed by atoms with E-state index in [0.29, 0.717) is 24.0 Å². The molecule has 1 aliphatic heterocycles. The molecule has 0 aromatic heterocycles. The molecule has 1 N–H and O–H groups in total. The van der Waals surface area contributed by atoms with Crippen molar-refractivity contribution in [3.63, 3.8) is 0 Å². The first kappa shape index (κ1) is 17.0. The van der Waals surface area contributed by atoms with Gasteiger partial charge < -0.3 is 10.1 Å². The largest absolute Gasteiger partial charge is 0.491 e. The van der Waals surface area contributed by atoms with Crippen molar-refractivity contribution in [3.8, 4) is 5.75 Å². The van der Waals surface area contributed by atoms with Crippen molar-refractivity contribution in [3.05, 3.63) is 29.8 Å². The van der Waals surface area contributed by atoms with E-state index < -0.39 is 0 Å². The Bertz CT molecular complexity index is 440. The van der Waals surface area contributed by atoms with Gasteiger partial charge in [-0.05, 0) is 26.0 Å². The summed E-state index contributed by atoms with van der Waals surface area (Å²) in [7, 11) is 0. The smallest absolute Gasteiger partial charge is 0.163 e. The molecular formula is C15H23ClN2O2. The normalized spacial score (nSPS) is 19.2. The van der Waals surface area contributed by atoms with Gasteiger partial charge in [-0.15, -0.1) is 12.4 Å².